The number of rotatable bonds is 3. The number of benzene rings is 1. The Labute approximate surface area is 119 Å². The summed E-state index contributed by atoms with van der Waals surface area (Å²) in [6, 6.07) is 4.64. The first kappa shape index (κ1) is 14.8. The first-order valence-corrected chi connectivity index (χ1v) is 7.05. The zero-order chi connectivity index (χ0) is 14.7. The van der Waals surface area contributed by atoms with Crippen LogP contribution in [-0.2, 0) is 4.79 Å². The normalized spacial score (nSPS) is 20.6. The van der Waals surface area contributed by atoms with Gasteiger partial charge in [0.1, 0.15) is 5.82 Å². The Bertz CT molecular complexity index is 490. The van der Waals surface area contributed by atoms with Crippen molar-refractivity contribution in [2.75, 3.05) is 25.0 Å². The molecule has 2 atom stereocenters. The Hall–Kier alpha value is -1.62. The highest BCUT2D eigenvalue weighted by Crippen LogP contribution is 2.31. The number of hydrogen-bond donors (Lipinski definition) is 2. The lowest BCUT2D eigenvalue weighted by Gasteiger charge is -2.35. The Morgan fingerprint density at radius 2 is 2.30 bits per heavy atom. The average Bonchev–Trinajstić information content (AvgIpc) is 2.45. The van der Waals surface area contributed by atoms with Crippen LogP contribution in [0.25, 0.3) is 0 Å². The molecule has 0 aromatic heterocycles. The number of halogens is 1. The highest BCUT2D eigenvalue weighted by Gasteiger charge is 2.27. The SMILES string of the molecule is CNC(=O)C1CCCN(c2cccc(F)c2C(C)N)C1. The molecule has 110 valence electrons. The van der Waals surface area contributed by atoms with Crippen molar-refractivity contribution in [3.05, 3.63) is 29.6 Å². The van der Waals surface area contributed by atoms with E-state index in [0.29, 0.717) is 12.1 Å². The summed E-state index contributed by atoms with van der Waals surface area (Å²) in [4.78, 5) is 13.9. The third-order valence-electron chi connectivity index (χ3n) is 3.86. The maximum atomic E-state index is 14.0. The number of amides is 1. The van der Waals surface area contributed by atoms with Crippen molar-refractivity contribution in [3.63, 3.8) is 0 Å². The molecule has 20 heavy (non-hydrogen) atoms. The maximum absolute atomic E-state index is 14.0. The largest absolute Gasteiger partial charge is 0.370 e. The molecule has 0 aliphatic carbocycles. The third kappa shape index (κ3) is 2.93. The van der Waals surface area contributed by atoms with E-state index in [9.17, 15) is 9.18 Å². The zero-order valence-electron chi connectivity index (χ0n) is 12.0. The number of nitrogens with zero attached hydrogens (tertiary/aromatic N) is 1. The van der Waals surface area contributed by atoms with Gasteiger partial charge < -0.3 is 16.0 Å². The monoisotopic (exact) mass is 279 g/mol. The number of nitrogens with one attached hydrogen (secondary N) is 1. The predicted molar refractivity (Wildman–Crippen MR) is 78.0 cm³/mol. The topological polar surface area (TPSA) is 58.4 Å². The molecule has 1 aromatic carbocycles. The fourth-order valence-corrected chi connectivity index (χ4v) is 2.87. The Kier molecular flexibility index (Phi) is 4.60. The van der Waals surface area contributed by atoms with Gasteiger partial charge in [-0.25, -0.2) is 4.39 Å². The predicted octanol–water partition coefficient (Wildman–Crippen LogP) is 1.81. The number of anilines is 1. The summed E-state index contributed by atoms with van der Waals surface area (Å²) in [6.45, 7) is 3.22. The lowest BCUT2D eigenvalue weighted by atomic mass is 9.95. The molecule has 4 nitrogen and oxygen atoms in total. The summed E-state index contributed by atoms with van der Waals surface area (Å²) in [5.41, 5.74) is 7.24. The second-order valence-corrected chi connectivity index (χ2v) is 5.36. The molecule has 3 N–H and O–H groups in total. The summed E-state index contributed by atoms with van der Waals surface area (Å²) in [5.74, 6) is -0.272. The molecule has 0 spiro atoms. The van der Waals surface area contributed by atoms with Crippen molar-refractivity contribution in [3.8, 4) is 0 Å². The van der Waals surface area contributed by atoms with Gasteiger partial charge >= 0.3 is 0 Å². The van der Waals surface area contributed by atoms with Crippen molar-refractivity contribution < 1.29 is 9.18 Å². The van der Waals surface area contributed by atoms with E-state index in [4.69, 9.17) is 5.73 Å². The molecule has 2 rings (SSSR count). The van der Waals surface area contributed by atoms with E-state index in [1.807, 2.05) is 6.07 Å². The smallest absolute Gasteiger partial charge is 0.224 e. The van der Waals surface area contributed by atoms with Crippen molar-refractivity contribution in [1.29, 1.82) is 0 Å². The number of piperidine rings is 1. The van der Waals surface area contributed by atoms with Crippen LogP contribution in [-0.4, -0.2) is 26.0 Å². The molecule has 1 fully saturated rings. The Morgan fingerprint density at radius 1 is 1.55 bits per heavy atom. The van der Waals surface area contributed by atoms with Gasteiger partial charge in [-0.1, -0.05) is 6.07 Å². The first-order valence-electron chi connectivity index (χ1n) is 7.05. The van der Waals surface area contributed by atoms with Crippen LogP contribution in [0.15, 0.2) is 18.2 Å². The van der Waals surface area contributed by atoms with Crippen LogP contribution in [0.2, 0.25) is 0 Å². The van der Waals surface area contributed by atoms with Gasteiger partial charge in [0, 0.05) is 37.4 Å². The quantitative estimate of drug-likeness (QED) is 0.887. The third-order valence-corrected chi connectivity index (χ3v) is 3.86. The fourth-order valence-electron chi connectivity index (χ4n) is 2.87. The number of hydrogen-bond acceptors (Lipinski definition) is 3. The van der Waals surface area contributed by atoms with E-state index in [1.165, 1.54) is 6.07 Å². The fraction of sp³-hybridized carbons (Fsp3) is 0.533. The molecule has 1 heterocycles. The second-order valence-electron chi connectivity index (χ2n) is 5.36. The van der Waals surface area contributed by atoms with Gasteiger partial charge in [-0.05, 0) is 31.9 Å². The van der Waals surface area contributed by atoms with Crippen LogP contribution in [0, 0.1) is 11.7 Å². The van der Waals surface area contributed by atoms with Crippen molar-refractivity contribution in [1.82, 2.24) is 5.32 Å². The van der Waals surface area contributed by atoms with E-state index < -0.39 is 0 Å². The molecule has 0 radical (unpaired) electrons. The van der Waals surface area contributed by atoms with Crippen LogP contribution >= 0.6 is 0 Å². The molecule has 1 aromatic rings. The number of nitrogens with two attached hydrogens (primary N) is 1. The molecule has 1 saturated heterocycles. The van der Waals surface area contributed by atoms with Crippen LogP contribution in [0.1, 0.15) is 31.4 Å². The first-order chi connectivity index (χ1) is 9.54. The molecule has 2 unspecified atom stereocenters. The van der Waals surface area contributed by atoms with Gasteiger partial charge in [0.05, 0.1) is 5.92 Å². The van der Waals surface area contributed by atoms with E-state index in [-0.39, 0.29) is 23.7 Å². The molecule has 1 amide bonds. The van der Waals surface area contributed by atoms with E-state index in [0.717, 1.165) is 25.1 Å². The summed E-state index contributed by atoms with van der Waals surface area (Å²) in [6.07, 6.45) is 1.80. The van der Waals surface area contributed by atoms with Gasteiger partial charge in [-0.2, -0.15) is 0 Å². The molecule has 5 heteroatoms. The molecule has 0 saturated carbocycles. The summed E-state index contributed by atoms with van der Waals surface area (Å²) >= 11 is 0. The number of carbonyl (C=O) groups excluding carboxylic acids is 1. The highest BCUT2D eigenvalue weighted by atomic mass is 19.1. The second kappa shape index (κ2) is 6.22. The summed E-state index contributed by atoms with van der Waals surface area (Å²) < 4.78 is 14.0. The summed E-state index contributed by atoms with van der Waals surface area (Å²) in [7, 11) is 1.65. The molecule has 0 bridgehead atoms. The molecular weight excluding hydrogens is 257 g/mol. The molecular formula is C15H22FN3O. The van der Waals surface area contributed by atoms with Crippen LogP contribution in [0.4, 0.5) is 10.1 Å². The Morgan fingerprint density at radius 3 is 2.95 bits per heavy atom. The van der Waals surface area contributed by atoms with E-state index in [1.54, 1.807) is 20.0 Å². The molecule has 1 aliphatic rings. The van der Waals surface area contributed by atoms with E-state index in [2.05, 4.69) is 10.2 Å². The van der Waals surface area contributed by atoms with Crippen molar-refractivity contribution in [2.24, 2.45) is 11.7 Å². The van der Waals surface area contributed by atoms with Crippen molar-refractivity contribution >= 4 is 11.6 Å². The minimum Gasteiger partial charge on any atom is -0.370 e. The van der Waals surface area contributed by atoms with Gasteiger partial charge in [0.15, 0.2) is 0 Å². The molecule has 1 aliphatic heterocycles. The highest BCUT2D eigenvalue weighted by molar-refractivity contribution is 5.79. The lowest BCUT2D eigenvalue weighted by Crippen LogP contribution is -2.42. The van der Waals surface area contributed by atoms with Gasteiger partial charge in [-0.3, -0.25) is 4.79 Å². The van der Waals surface area contributed by atoms with Crippen LogP contribution in [0.5, 0.6) is 0 Å². The minimum atomic E-state index is -0.369. The maximum Gasteiger partial charge on any atom is 0.224 e. The van der Waals surface area contributed by atoms with E-state index >= 15 is 0 Å². The van der Waals surface area contributed by atoms with Crippen LogP contribution in [0.3, 0.4) is 0 Å². The average molecular weight is 279 g/mol. The van der Waals surface area contributed by atoms with Gasteiger partial charge in [0.2, 0.25) is 5.91 Å². The number of carbonyl (C=O) groups is 1. The minimum absolute atomic E-state index is 0.0436. The van der Waals surface area contributed by atoms with Crippen molar-refractivity contribution in [2.45, 2.75) is 25.8 Å². The van der Waals surface area contributed by atoms with Crippen LogP contribution < -0.4 is 16.0 Å². The zero-order valence-corrected chi connectivity index (χ0v) is 12.0. The Balaban J connectivity index is 2.27. The summed E-state index contributed by atoms with van der Waals surface area (Å²) in [5, 5.41) is 2.69. The van der Waals surface area contributed by atoms with Gasteiger partial charge in [0.25, 0.3) is 0 Å². The van der Waals surface area contributed by atoms with Gasteiger partial charge in [-0.15, -0.1) is 0 Å². The lowest BCUT2D eigenvalue weighted by molar-refractivity contribution is -0.124. The standard InChI is InChI=1S/C15H22FN3O/c1-10(17)14-12(16)6-3-7-13(14)19-8-4-5-11(9-19)15(20)18-2/h3,6-7,10-11H,4-5,8-9,17H2,1-2H3,(H,18,20).